The third-order valence-corrected chi connectivity index (χ3v) is 4.21. The Morgan fingerprint density at radius 3 is 2.25 bits per heavy atom. The number of likely N-dealkylation sites (tertiary alicyclic amines) is 1. The van der Waals surface area contributed by atoms with E-state index in [-0.39, 0.29) is 5.91 Å². The van der Waals surface area contributed by atoms with Gasteiger partial charge in [-0.3, -0.25) is 4.79 Å². The van der Waals surface area contributed by atoms with Crippen molar-refractivity contribution in [3.8, 4) is 0 Å². The Morgan fingerprint density at radius 1 is 1.20 bits per heavy atom. The first-order chi connectivity index (χ1) is 9.45. The minimum Gasteiger partial charge on any atom is -0.338 e. The van der Waals surface area contributed by atoms with Gasteiger partial charge < -0.3 is 4.90 Å². The number of hydrogen-bond donors (Lipinski definition) is 0. The third-order valence-electron chi connectivity index (χ3n) is 3.48. The molecule has 1 aliphatic heterocycles. The highest BCUT2D eigenvalue weighted by Gasteiger charge is 2.26. The van der Waals surface area contributed by atoms with Crippen molar-refractivity contribution >= 4 is 17.7 Å². The molecule has 1 aromatic rings. The van der Waals surface area contributed by atoms with Crippen molar-refractivity contribution in [2.45, 2.75) is 30.9 Å². The molecule has 110 valence electrons. The first kappa shape index (κ1) is 15.3. The number of carbonyl (C=O) groups is 1. The summed E-state index contributed by atoms with van der Waals surface area (Å²) in [6, 6.07) is 6.44. The molecule has 1 heterocycles. The van der Waals surface area contributed by atoms with E-state index in [4.69, 9.17) is 0 Å². The number of amides is 1. The van der Waals surface area contributed by atoms with Crippen molar-refractivity contribution in [2.24, 2.45) is 11.8 Å². The van der Waals surface area contributed by atoms with Crippen LogP contribution in [0.1, 0.15) is 30.6 Å². The Balaban J connectivity index is 2.05. The molecular formula is C15H19F2NOS. The summed E-state index contributed by atoms with van der Waals surface area (Å²) >= 11 is 0.497. The van der Waals surface area contributed by atoms with E-state index in [2.05, 4.69) is 13.8 Å². The van der Waals surface area contributed by atoms with Crippen LogP contribution in [0.15, 0.2) is 29.2 Å². The highest BCUT2D eigenvalue weighted by molar-refractivity contribution is 7.99. The molecule has 1 fully saturated rings. The van der Waals surface area contributed by atoms with Crippen LogP contribution in [0.2, 0.25) is 0 Å². The van der Waals surface area contributed by atoms with Crippen LogP contribution in [0.4, 0.5) is 8.78 Å². The summed E-state index contributed by atoms with van der Waals surface area (Å²) in [4.78, 5) is 14.7. The van der Waals surface area contributed by atoms with Gasteiger partial charge in [-0.15, -0.1) is 0 Å². The first-order valence-electron chi connectivity index (χ1n) is 6.80. The van der Waals surface area contributed by atoms with Gasteiger partial charge in [0.25, 0.3) is 11.7 Å². The number of halogens is 2. The van der Waals surface area contributed by atoms with Crippen LogP contribution in [0.3, 0.4) is 0 Å². The fourth-order valence-electron chi connectivity index (χ4n) is 2.79. The van der Waals surface area contributed by atoms with E-state index < -0.39 is 5.76 Å². The minimum atomic E-state index is -2.43. The van der Waals surface area contributed by atoms with Crippen molar-refractivity contribution in [1.29, 1.82) is 0 Å². The van der Waals surface area contributed by atoms with E-state index in [1.165, 1.54) is 0 Å². The van der Waals surface area contributed by atoms with Crippen molar-refractivity contribution in [3.05, 3.63) is 29.8 Å². The Hall–Kier alpha value is -1.10. The molecule has 1 aliphatic rings. The molecule has 0 radical (unpaired) electrons. The fraction of sp³-hybridized carbons (Fsp3) is 0.533. The average Bonchev–Trinajstić information content (AvgIpc) is 2.37. The Kier molecular flexibility index (Phi) is 5.02. The number of rotatable bonds is 3. The smallest absolute Gasteiger partial charge is 0.288 e. The first-order valence-corrected chi connectivity index (χ1v) is 7.68. The normalized spacial score (nSPS) is 23.1. The molecule has 2 nitrogen and oxygen atoms in total. The lowest BCUT2D eigenvalue weighted by Gasteiger charge is -2.35. The zero-order valence-corrected chi connectivity index (χ0v) is 12.5. The molecule has 1 amide bonds. The molecule has 0 N–H and O–H groups in total. The molecule has 1 saturated heterocycles. The summed E-state index contributed by atoms with van der Waals surface area (Å²) in [5.74, 6) is -1.41. The maximum Gasteiger partial charge on any atom is 0.288 e. The molecule has 0 bridgehead atoms. The Labute approximate surface area is 122 Å². The number of benzene rings is 1. The third kappa shape index (κ3) is 3.95. The van der Waals surface area contributed by atoms with Gasteiger partial charge in [0.05, 0.1) is 0 Å². The van der Waals surface area contributed by atoms with Crippen molar-refractivity contribution in [3.63, 3.8) is 0 Å². The van der Waals surface area contributed by atoms with Crippen molar-refractivity contribution < 1.29 is 13.6 Å². The van der Waals surface area contributed by atoms with Gasteiger partial charge >= 0.3 is 0 Å². The Morgan fingerprint density at radius 2 is 1.75 bits per heavy atom. The summed E-state index contributed by atoms with van der Waals surface area (Å²) in [6.07, 6.45) is 1.15. The molecule has 5 heteroatoms. The topological polar surface area (TPSA) is 20.3 Å². The molecule has 1 aromatic carbocycles. The molecule has 0 aromatic heterocycles. The Bertz CT molecular complexity index is 453. The summed E-state index contributed by atoms with van der Waals surface area (Å²) in [7, 11) is 0. The zero-order valence-electron chi connectivity index (χ0n) is 11.7. The van der Waals surface area contributed by atoms with Crippen LogP contribution >= 0.6 is 11.8 Å². The van der Waals surface area contributed by atoms with Gasteiger partial charge in [0, 0.05) is 23.5 Å². The minimum absolute atomic E-state index is 0.00278. The number of piperidine rings is 1. The fourth-order valence-corrected chi connectivity index (χ4v) is 3.29. The second-order valence-corrected chi connectivity index (χ2v) is 6.62. The monoisotopic (exact) mass is 299 g/mol. The summed E-state index contributed by atoms with van der Waals surface area (Å²) in [5, 5.41) is 0. The van der Waals surface area contributed by atoms with E-state index in [1.807, 2.05) is 4.90 Å². The van der Waals surface area contributed by atoms with Crippen LogP contribution in [0.25, 0.3) is 0 Å². The lowest BCUT2D eigenvalue weighted by Crippen LogP contribution is -2.42. The second-order valence-electron chi connectivity index (χ2n) is 5.56. The maximum atomic E-state index is 12.4. The highest BCUT2D eigenvalue weighted by Crippen LogP contribution is 2.26. The molecule has 0 aliphatic carbocycles. The predicted octanol–water partition coefficient (Wildman–Crippen LogP) is 4.12. The number of nitrogens with zero attached hydrogens (tertiary/aromatic N) is 1. The maximum absolute atomic E-state index is 12.4. The van der Waals surface area contributed by atoms with Crippen LogP contribution in [-0.4, -0.2) is 29.7 Å². The van der Waals surface area contributed by atoms with Crippen molar-refractivity contribution in [2.75, 3.05) is 13.1 Å². The van der Waals surface area contributed by atoms with Crippen LogP contribution in [0.5, 0.6) is 0 Å². The van der Waals surface area contributed by atoms with Gasteiger partial charge in [-0.1, -0.05) is 25.6 Å². The van der Waals surface area contributed by atoms with Crippen LogP contribution < -0.4 is 0 Å². The molecule has 0 spiro atoms. The van der Waals surface area contributed by atoms with Crippen molar-refractivity contribution in [1.82, 2.24) is 4.90 Å². The number of carbonyl (C=O) groups excluding carboxylic acids is 1. The van der Waals surface area contributed by atoms with Gasteiger partial charge in [0.2, 0.25) is 0 Å². The lowest BCUT2D eigenvalue weighted by molar-refractivity contribution is 0.0623. The number of hydrogen-bond acceptors (Lipinski definition) is 2. The highest BCUT2D eigenvalue weighted by atomic mass is 32.2. The van der Waals surface area contributed by atoms with E-state index in [0.717, 1.165) is 19.5 Å². The number of thioether (sulfide) groups is 1. The molecule has 2 unspecified atom stereocenters. The van der Waals surface area contributed by atoms with E-state index in [1.54, 1.807) is 24.3 Å². The summed E-state index contributed by atoms with van der Waals surface area (Å²) in [6.45, 7) is 5.85. The van der Waals surface area contributed by atoms with Crippen LogP contribution in [0, 0.1) is 11.8 Å². The molecular weight excluding hydrogens is 280 g/mol. The van der Waals surface area contributed by atoms with Gasteiger partial charge in [-0.25, -0.2) is 0 Å². The largest absolute Gasteiger partial charge is 0.338 e. The molecule has 2 rings (SSSR count). The van der Waals surface area contributed by atoms with Crippen LogP contribution in [-0.2, 0) is 0 Å². The van der Waals surface area contributed by atoms with Gasteiger partial charge in [0.1, 0.15) is 0 Å². The SMILES string of the molecule is CC1CC(C)CN(C(=O)c2ccc(SC(F)F)cc2)C1. The standard InChI is InChI=1S/C15H19F2NOS/c1-10-7-11(2)9-18(8-10)14(19)12-3-5-13(6-4-12)20-15(16)17/h3-6,10-11,15H,7-9H2,1-2H3. The van der Waals surface area contributed by atoms with Gasteiger partial charge in [-0.2, -0.15) is 8.78 Å². The summed E-state index contributed by atoms with van der Waals surface area (Å²) in [5.41, 5.74) is 0.574. The lowest BCUT2D eigenvalue weighted by atomic mass is 9.91. The molecule has 2 atom stereocenters. The van der Waals surface area contributed by atoms with E-state index >= 15 is 0 Å². The van der Waals surface area contributed by atoms with E-state index in [9.17, 15) is 13.6 Å². The average molecular weight is 299 g/mol. The zero-order chi connectivity index (χ0) is 14.7. The molecule has 20 heavy (non-hydrogen) atoms. The van der Waals surface area contributed by atoms with Gasteiger partial charge in [-0.05, 0) is 42.5 Å². The second kappa shape index (κ2) is 6.57. The molecule has 0 saturated carbocycles. The van der Waals surface area contributed by atoms with Gasteiger partial charge in [0.15, 0.2) is 0 Å². The van der Waals surface area contributed by atoms with E-state index in [0.29, 0.717) is 34.1 Å². The summed E-state index contributed by atoms with van der Waals surface area (Å²) < 4.78 is 24.5. The quantitative estimate of drug-likeness (QED) is 0.783. The predicted molar refractivity (Wildman–Crippen MR) is 77.2 cm³/mol. The number of alkyl halides is 2.